The molecule has 0 bridgehead atoms. The summed E-state index contributed by atoms with van der Waals surface area (Å²) in [6, 6.07) is 12.1. The van der Waals surface area contributed by atoms with Gasteiger partial charge < -0.3 is 28.1 Å². The average molecular weight is 1120 g/mol. The molecule has 2 aromatic carbocycles. The number of benzene rings is 2. The molecule has 2 rings (SSSR count). The number of carbonyl (C=O) groups excluding carboxylic acids is 4. The molecular weight excluding hydrogens is 1020 g/mol. The molecule has 2 aromatic rings. The van der Waals surface area contributed by atoms with Crippen LogP contribution in [-0.4, -0.2) is 124 Å². The van der Waals surface area contributed by atoms with Crippen molar-refractivity contribution in [3.63, 3.8) is 0 Å². The Morgan fingerprint density at radius 1 is 0.360 bits per heavy atom. The molecule has 14 nitrogen and oxygen atoms in total. The van der Waals surface area contributed by atoms with Crippen LogP contribution in [0.2, 0.25) is 0 Å². The van der Waals surface area contributed by atoms with E-state index in [1.165, 1.54) is 191 Å². The second-order valence-corrected chi connectivity index (χ2v) is 23.4. The van der Waals surface area contributed by atoms with Crippen molar-refractivity contribution in [1.29, 1.82) is 0 Å². The van der Waals surface area contributed by atoms with Gasteiger partial charge >= 0.3 is 61.6 Å². The first-order valence-electron chi connectivity index (χ1n) is 28.3. The largest absolute Gasteiger partial charge is 2.00 e. The number of ether oxygens (including phenoxy) is 4. The van der Waals surface area contributed by atoms with E-state index in [2.05, 4.69) is 13.8 Å². The molecule has 0 fully saturated rings. The van der Waals surface area contributed by atoms with Gasteiger partial charge in [0, 0.05) is 0 Å². The Morgan fingerprint density at radius 3 is 0.747 bits per heavy atom. The summed E-state index contributed by atoms with van der Waals surface area (Å²) in [5, 5.41) is -2.74. The quantitative estimate of drug-likeness (QED) is 0.0198. The molecule has 0 saturated carbocycles. The van der Waals surface area contributed by atoms with Crippen molar-refractivity contribution in [3.05, 3.63) is 70.8 Å². The fourth-order valence-electron chi connectivity index (χ4n) is 8.17. The van der Waals surface area contributed by atoms with Crippen molar-refractivity contribution in [2.45, 2.75) is 244 Å². The fourth-order valence-corrected chi connectivity index (χ4v) is 8.64. The minimum absolute atomic E-state index is 0. The smallest absolute Gasteiger partial charge is 0.748 e. The van der Waals surface area contributed by atoms with E-state index in [0.29, 0.717) is 0 Å². The third kappa shape index (κ3) is 37.8. The number of rotatable bonds is 44. The standard InChI is InChI=1S/2C29H48O7S.Ca/c2*1-3-4-5-6-7-8-9-10-11-12-13-14-15-16-17-20-23-35-28(30)26-21-18-19-22-27(26)29(31)36-24-25(2)37(32,33)34;/h2*18-19,21-22,25H,3-17,20,23-24H2,1-2H3,(H,32,33,34);/q;;+2/p-2. The Labute approximate surface area is 483 Å². The normalized spacial score (nSPS) is 12.1. The van der Waals surface area contributed by atoms with Crippen LogP contribution < -0.4 is 0 Å². The molecule has 0 aliphatic carbocycles. The number of esters is 4. The number of hydrogen-bond acceptors (Lipinski definition) is 14. The molecule has 75 heavy (non-hydrogen) atoms. The van der Waals surface area contributed by atoms with Gasteiger partial charge in [0.25, 0.3) is 0 Å². The first-order chi connectivity index (χ1) is 35.5. The predicted molar refractivity (Wildman–Crippen MR) is 297 cm³/mol. The molecule has 0 radical (unpaired) electrons. The van der Waals surface area contributed by atoms with Crippen LogP contribution in [0.25, 0.3) is 0 Å². The molecule has 0 amide bonds. The van der Waals surface area contributed by atoms with E-state index in [0.717, 1.165) is 52.4 Å². The minimum Gasteiger partial charge on any atom is -0.748 e. The van der Waals surface area contributed by atoms with E-state index in [1.54, 1.807) is 24.3 Å². The van der Waals surface area contributed by atoms with Crippen molar-refractivity contribution in [2.75, 3.05) is 26.4 Å². The van der Waals surface area contributed by atoms with Crippen LogP contribution in [0.1, 0.15) is 275 Å². The second-order valence-electron chi connectivity index (χ2n) is 19.8. The molecule has 0 spiro atoms. The van der Waals surface area contributed by atoms with Crippen molar-refractivity contribution in [2.24, 2.45) is 0 Å². The minimum atomic E-state index is -4.56. The van der Waals surface area contributed by atoms with E-state index in [-0.39, 0.29) is 73.2 Å². The zero-order valence-corrected chi connectivity index (χ0v) is 50.3. The Hall–Kier alpha value is -2.60. The summed E-state index contributed by atoms with van der Waals surface area (Å²) in [4.78, 5) is 49.5. The van der Waals surface area contributed by atoms with Gasteiger partial charge in [-0.15, -0.1) is 0 Å². The van der Waals surface area contributed by atoms with Gasteiger partial charge in [0.1, 0.15) is 33.5 Å². The number of carbonyl (C=O) groups is 4. The van der Waals surface area contributed by atoms with Crippen molar-refractivity contribution >= 4 is 81.9 Å². The summed E-state index contributed by atoms with van der Waals surface area (Å²) < 4.78 is 86.3. The maximum absolute atomic E-state index is 12.5. The van der Waals surface area contributed by atoms with Crippen LogP contribution in [0, 0.1) is 0 Å². The van der Waals surface area contributed by atoms with Gasteiger partial charge in [0.15, 0.2) is 0 Å². The Morgan fingerprint density at radius 2 is 0.547 bits per heavy atom. The molecule has 0 heterocycles. The van der Waals surface area contributed by atoms with Gasteiger partial charge in [-0.3, -0.25) is 0 Å². The van der Waals surface area contributed by atoms with Gasteiger partial charge in [-0.2, -0.15) is 0 Å². The molecule has 0 N–H and O–H groups in total. The zero-order valence-electron chi connectivity index (χ0n) is 46.5. The molecule has 0 saturated heterocycles. The second kappa shape index (κ2) is 46.3. The fraction of sp³-hybridized carbons (Fsp3) is 0.724. The van der Waals surface area contributed by atoms with Gasteiger partial charge in [0.05, 0.1) is 46.0 Å². The van der Waals surface area contributed by atoms with E-state index in [9.17, 15) is 45.1 Å². The SMILES string of the molecule is CCCCCCCCCCCCCCCCCCOC(=O)c1ccccc1C(=O)OCC(C)S(=O)(=O)[O-].CCCCCCCCCCCCCCCCCCOC(=O)c1ccccc1C(=O)OCC(C)S(=O)(=O)[O-].[Ca+2]. The molecule has 0 aliphatic rings. The van der Waals surface area contributed by atoms with Gasteiger partial charge in [-0.05, 0) is 51.0 Å². The predicted octanol–water partition coefficient (Wildman–Crippen LogP) is 14.0. The molecule has 2 unspecified atom stereocenters. The molecular formula is C58H94CaO14S2. The van der Waals surface area contributed by atoms with Crippen LogP contribution in [0.4, 0.5) is 0 Å². The summed E-state index contributed by atoms with van der Waals surface area (Å²) in [7, 11) is -9.12. The topological polar surface area (TPSA) is 220 Å². The van der Waals surface area contributed by atoms with E-state index in [1.807, 2.05) is 0 Å². The van der Waals surface area contributed by atoms with Crippen LogP contribution >= 0.6 is 0 Å². The van der Waals surface area contributed by atoms with Crippen LogP contribution in [-0.2, 0) is 39.2 Å². The van der Waals surface area contributed by atoms with Crippen LogP contribution in [0.5, 0.6) is 0 Å². The average Bonchev–Trinajstić information content (AvgIpc) is 3.38. The van der Waals surface area contributed by atoms with Crippen LogP contribution in [0.3, 0.4) is 0 Å². The Bertz CT molecular complexity index is 1880. The van der Waals surface area contributed by atoms with Crippen molar-refractivity contribution < 1.29 is 64.1 Å². The zero-order chi connectivity index (χ0) is 54.7. The van der Waals surface area contributed by atoms with Crippen LogP contribution in [0.15, 0.2) is 48.5 Å². The maximum Gasteiger partial charge on any atom is 2.00 e. The monoisotopic (exact) mass is 1120 g/mol. The van der Waals surface area contributed by atoms with Gasteiger partial charge in [-0.1, -0.05) is 231 Å². The van der Waals surface area contributed by atoms with E-state index in [4.69, 9.17) is 18.9 Å². The maximum atomic E-state index is 12.5. The van der Waals surface area contributed by atoms with E-state index < -0.39 is 67.8 Å². The van der Waals surface area contributed by atoms with E-state index >= 15 is 0 Å². The number of unbranched alkanes of at least 4 members (excludes halogenated alkanes) is 30. The summed E-state index contributed by atoms with van der Waals surface area (Å²) in [6.45, 7) is 6.22. The molecule has 0 aromatic heterocycles. The summed E-state index contributed by atoms with van der Waals surface area (Å²) in [5.74, 6) is -2.99. The Balaban J connectivity index is 0.00000144. The molecule has 2 atom stereocenters. The summed E-state index contributed by atoms with van der Waals surface area (Å²) >= 11 is 0. The third-order valence-corrected chi connectivity index (χ3v) is 15.3. The molecule has 424 valence electrons. The van der Waals surface area contributed by atoms with Crippen molar-refractivity contribution in [1.82, 2.24) is 0 Å². The molecule has 0 aliphatic heterocycles. The summed E-state index contributed by atoms with van der Waals surface area (Å²) in [6.07, 6.45) is 40.5. The summed E-state index contributed by atoms with van der Waals surface area (Å²) in [5.41, 5.74) is 0.0770. The molecule has 17 heteroatoms. The van der Waals surface area contributed by atoms with Gasteiger partial charge in [-0.25, -0.2) is 36.0 Å². The van der Waals surface area contributed by atoms with Crippen molar-refractivity contribution in [3.8, 4) is 0 Å². The Kier molecular flexibility index (Phi) is 44.7. The first-order valence-corrected chi connectivity index (χ1v) is 31.2. The first kappa shape index (κ1) is 72.4. The van der Waals surface area contributed by atoms with Gasteiger partial charge in [0.2, 0.25) is 0 Å². The number of hydrogen-bond donors (Lipinski definition) is 0. The third-order valence-electron chi connectivity index (χ3n) is 13.1.